The van der Waals surface area contributed by atoms with Gasteiger partial charge in [-0.25, -0.2) is 9.97 Å². The fourth-order valence-corrected chi connectivity index (χ4v) is 3.71. The predicted molar refractivity (Wildman–Crippen MR) is 116 cm³/mol. The van der Waals surface area contributed by atoms with Crippen LogP contribution in [-0.4, -0.2) is 27.1 Å². The van der Waals surface area contributed by atoms with E-state index in [0.717, 1.165) is 43.2 Å². The number of hydrogen-bond donors (Lipinski definition) is 2. The number of amides is 1. The first-order valence-corrected chi connectivity index (χ1v) is 10.3. The van der Waals surface area contributed by atoms with Gasteiger partial charge in [-0.05, 0) is 42.7 Å². The largest absolute Gasteiger partial charge is 0.337 e. The number of imidazole rings is 1. The van der Waals surface area contributed by atoms with Crippen LogP contribution in [-0.2, 0) is 4.79 Å². The van der Waals surface area contributed by atoms with E-state index < -0.39 is 0 Å². The molecule has 0 saturated heterocycles. The van der Waals surface area contributed by atoms with Crippen molar-refractivity contribution in [2.75, 3.05) is 5.32 Å². The molecule has 0 aliphatic carbocycles. The number of pyridine rings is 1. The van der Waals surface area contributed by atoms with Gasteiger partial charge >= 0.3 is 0 Å². The second-order valence-electron chi connectivity index (χ2n) is 7.57. The Hall–Kier alpha value is -3.02. The number of nitrogens with one attached hydrogen (secondary N) is 2. The van der Waals surface area contributed by atoms with Gasteiger partial charge in [-0.3, -0.25) is 9.59 Å². The number of rotatable bonds is 9. The van der Waals surface area contributed by atoms with Crippen LogP contribution in [0.4, 0.5) is 5.69 Å². The Bertz CT molecular complexity index is 978. The lowest BCUT2D eigenvalue weighted by Gasteiger charge is -2.22. The van der Waals surface area contributed by atoms with E-state index in [1.165, 1.54) is 6.20 Å². The molecule has 3 aromatic rings. The van der Waals surface area contributed by atoms with Crippen molar-refractivity contribution in [2.45, 2.75) is 46.5 Å². The van der Waals surface area contributed by atoms with Gasteiger partial charge in [0, 0.05) is 28.9 Å². The van der Waals surface area contributed by atoms with E-state index in [1.54, 1.807) is 6.07 Å². The van der Waals surface area contributed by atoms with E-state index in [0.29, 0.717) is 28.5 Å². The molecule has 6 heteroatoms. The number of aromatic nitrogens is 3. The minimum atomic E-state index is 0.0353. The Labute approximate surface area is 171 Å². The zero-order valence-electron chi connectivity index (χ0n) is 17.2. The van der Waals surface area contributed by atoms with Gasteiger partial charge in [-0.1, -0.05) is 40.0 Å². The molecule has 29 heavy (non-hydrogen) atoms. The Kier molecular flexibility index (Phi) is 6.75. The quantitative estimate of drug-likeness (QED) is 0.488. The van der Waals surface area contributed by atoms with Crippen LogP contribution in [0.3, 0.4) is 0 Å². The fraction of sp³-hybridized carbons (Fsp3) is 0.391. The van der Waals surface area contributed by atoms with Crippen molar-refractivity contribution in [3.63, 3.8) is 0 Å². The maximum Gasteiger partial charge on any atom is 0.227 e. The van der Waals surface area contributed by atoms with Crippen LogP contribution in [0.15, 0.2) is 36.5 Å². The first kappa shape index (κ1) is 20.7. The maximum absolute atomic E-state index is 12.8. The first-order chi connectivity index (χ1) is 14.0. The Morgan fingerprint density at radius 2 is 1.90 bits per heavy atom. The summed E-state index contributed by atoms with van der Waals surface area (Å²) in [6.45, 7) is 6.44. The molecule has 1 amide bonds. The summed E-state index contributed by atoms with van der Waals surface area (Å²) in [4.78, 5) is 35.6. The van der Waals surface area contributed by atoms with Crippen LogP contribution < -0.4 is 5.32 Å². The second-order valence-corrected chi connectivity index (χ2v) is 7.57. The second kappa shape index (κ2) is 9.45. The Balaban J connectivity index is 1.74. The summed E-state index contributed by atoms with van der Waals surface area (Å²) < 4.78 is 0. The Morgan fingerprint density at radius 1 is 1.17 bits per heavy atom. The molecule has 2 atom stereocenters. The topological polar surface area (TPSA) is 87.7 Å². The number of anilines is 1. The van der Waals surface area contributed by atoms with E-state index in [-0.39, 0.29) is 11.8 Å². The number of carbonyl (C=O) groups is 2. The highest BCUT2D eigenvalue weighted by Gasteiger charge is 2.23. The van der Waals surface area contributed by atoms with Crippen molar-refractivity contribution in [3.8, 4) is 11.4 Å². The van der Waals surface area contributed by atoms with Crippen LogP contribution in [0.5, 0.6) is 0 Å². The maximum atomic E-state index is 12.8. The van der Waals surface area contributed by atoms with E-state index in [9.17, 15) is 9.59 Å². The number of fused-ring (bicyclic) bond motifs is 1. The van der Waals surface area contributed by atoms with Crippen LogP contribution in [0, 0.1) is 11.8 Å². The number of carbonyl (C=O) groups excluding carboxylic acids is 2. The highest BCUT2D eigenvalue weighted by molar-refractivity contribution is 5.93. The van der Waals surface area contributed by atoms with Crippen LogP contribution >= 0.6 is 0 Å². The van der Waals surface area contributed by atoms with Gasteiger partial charge in [0.15, 0.2) is 11.9 Å². The summed E-state index contributed by atoms with van der Waals surface area (Å²) >= 11 is 0. The first-order valence-electron chi connectivity index (χ1n) is 10.3. The molecule has 2 unspecified atom stereocenters. The highest BCUT2D eigenvalue weighted by Crippen LogP contribution is 2.25. The van der Waals surface area contributed by atoms with Crippen LogP contribution in [0.2, 0.25) is 0 Å². The molecule has 3 rings (SSSR count). The summed E-state index contributed by atoms with van der Waals surface area (Å²) in [7, 11) is 0. The number of hydrogen-bond acceptors (Lipinski definition) is 4. The third-order valence-electron chi connectivity index (χ3n) is 5.29. The van der Waals surface area contributed by atoms with E-state index in [1.807, 2.05) is 24.3 Å². The van der Waals surface area contributed by atoms with Crippen molar-refractivity contribution >= 4 is 29.0 Å². The fourth-order valence-electron chi connectivity index (χ4n) is 3.71. The zero-order valence-corrected chi connectivity index (χ0v) is 17.2. The van der Waals surface area contributed by atoms with Gasteiger partial charge < -0.3 is 10.3 Å². The van der Waals surface area contributed by atoms with Gasteiger partial charge in [0.05, 0.1) is 5.52 Å². The van der Waals surface area contributed by atoms with Crippen molar-refractivity contribution in [3.05, 3.63) is 42.1 Å². The molecule has 0 aliphatic heterocycles. The van der Waals surface area contributed by atoms with Crippen molar-refractivity contribution < 1.29 is 9.59 Å². The van der Waals surface area contributed by atoms with Gasteiger partial charge in [0.25, 0.3) is 0 Å². The summed E-state index contributed by atoms with van der Waals surface area (Å²) in [5.74, 6) is 1.18. The molecule has 152 valence electrons. The lowest BCUT2D eigenvalue weighted by Crippen LogP contribution is -2.28. The lowest BCUT2D eigenvalue weighted by molar-refractivity contribution is -0.121. The van der Waals surface area contributed by atoms with Gasteiger partial charge in [0.2, 0.25) is 5.91 Å². The third kappa shape index (κ3) is 4.88. The van der Waals surface area contributed by atoms with Gasteiger partial charge in [-0.15, -0.1) is 0 Å². The minimum Gasteiger partial charge on any atom is -0.337 e. The summed E-state index contributed by atoms with van der Waals surface area (Å²) in [5.41, 5.74) is 3.45. The SMILES string of the molecule is CCCC(C)C(CCC)C(=O)Nc1ccc(-c2nc3ncc(C=O)cc3[nH]2)cc1. The molecule has 2 N–H and O–H groups in total. The summed E-state index contributed by atoms with van der Waals surface area (Å²) in [5, 5.41) is 3.07. The molecule has 2 heterocycles. The van der Waals surface area contributed by atoms with Crippen molar-refractivity contribution in [1.29, 1.82) is 0 Å². The minimum absolute atomic E-state index is 0.0353. The molecule has 0 spiro atoms. The van der Waals surface area contributed by atoms with Crippen LogP contribution in [0.1, 0.15) is 56.8 Å². The molecule has 2 aromatic heterocycles. The van der Waals surface area contributed by atoms with Gasteiger partial charge in [0.1, 0.15) is 5.82 Å². The number of benzene rings is 1. The van der Waals surface area contributed by atoms with Crippen molar-refractivity contribution in [2.24, 2.45) is 11.8 Å². The smallest absolute Gasteiger partial charge is 0.227 e. The normalized spacial score (nSPS) is 13.2. The highest BCUT2D eigenvalue weighted by atomic mass is 16.1. The van der Waals surface area contributed by atoms with Gasteiger partial charge in [-0.2, -0.15) is 0 Å². The molecule has 6 nitrogen and oxygen atoms in total. The molecule has 0 bridgehead atoms. The van der Waals surface area contributed by atoms with E-state index in [4.69, 9.17) is 0 Å². The average Bonchev–Trinajstić information content (AvgIpc) is 3.15. The van der Waals surface area contributed by atoms with E-state index in [2.05, 4.69) is 41.0 Å². The summed E-state index contributed by atoms with van der Waals surface area (Å²) in [6.07, 6.45) is 6.31. The monoisotopic (exact) mass is 392 g/mol. The number of H-pyrrole nitrogens is 1. The standard InChI is InChI=1S/C23H28N4O2/c1-4-6-15(3)19(7-5-2)23(29)25-18-10-8-17(9-11-18)21-26-20-12-16(14-28)13-24-22(20)27-21/h8-15,19H,4-7H2,1-3H3,(H,25,29)(H,24,26,27). The number of nitrogens with zero attached hydrogens (tertiary/aromatic N) is 2. The Morgan fingerprint density at radius 3 is 2.55 bits per heavy atom. The predicted octanol–water partition coefficient (Wildman–Crippen LogP) is 5.23. The average molecular weight is 393 g/mol. The molecule has 0 fully saturated rings. The summed E-state index contributed by atoms with van der Waals surface area (Å²) in [6, 6.07) is 9.33. The molecule has 1 aromatic carbocycles. The molecule has 0 aliphatic rings. The molecule has 0 saturated carbocycles. The molecule has 0 radical (unpaired) electrons. The zero-order chi connectivity index (χ0) is 20.8. The number of aldehydes is 1. The molecular weight excluding hydrogens is 364 g/mol. The lowest BCUT2D eigenvalue weighted by atomic mass is 9.86. The van der Waals surface area contributed by atoms with E-state index >= 15 is 0 Å². The third-order valence-corrected chi connectivity index (χ3v) is 5.29. The van der Waals surface area contributed by atoms with Crippen LogP contribution in [0.25, 0.3) is 22.6 Å². The number of aromatic amines is 1. The van der Waals surface area contributed by atoms with Crippen molar-refractivity contribution in [1.82, 2.24) is 15.0 Å². The molecular formula is C23H28N4O2.